The van der Waals surface area contributed by atoms with Crippen molar-refractivity contribution in [2.24, 2.45) is 0 Å². The van der Waals surface area contributed by atoms with Gasteiger partial charge in [-0.2, -0.15) is 0 Å². The molecule has 2 N–H and O–H groups in total. The molecular weight excluding hydrogens is 352 g/mol. The lowest BCUT2D eigenvalue weighted by molar-refractivity contribution is -0.0228. The number of aryl methyl sites for hydroxylation is 2. The number of nitrogens with zero attached hydrogens (tertiary/aromatic N) is 1. The highest BCUT2D eigenvalue weighted by atomic mass is 16.5. The van der Waals surface area contributed by atoms with Crippen LogP contribution in [0.3, 0.4) is 0 Å². The number of aromatic hydroxyl groups is 1. The van der Waals surface area contributed by atoms with Crippen molar-refractivity contribution >= 4 is 16.8 Å². The molecule has 1 aliphatic heterocycles. The molecule has 3 aromatic rings. The molecule has 2 aliphatic rings. The number of H-pyrrole nitrogens is 1. The summed E-state index contributed by atoms with van der Waals surface area (Å²) in [7, 11) is 0. The molecule has 1 fully saturated rings. The van der Waals surface area contributed by atoms with E-state index in [4.69, 9.17) is 4.74 Å². The van der Waals surface area contributed by atoms with Crippen molar-refractivity contribution in [1.29, 1.82) is 0 Å². The average molecular weight is 376 g/mol. The van der Waals surface area contributed by atoms with E-state index in [9.17, 15) is 9.90 Å². The smallest absolute Gasteiger partial charge is 0.254 e. The summed E-state index contributed by atoms with van der Waals surface area (Å²) < 4.78 is 5.86. The van der Waals surface area contributed by atoms with Crippen LogP contribution >= 0.6 is 0 Å². The zero-order chi connectivity index (χ0) is 19.1. The Balaban J connectivity index is 1.41. The van der Waals surface area contributed by atoms with Gasteiger partial charge in [0.05, 0.1) is 13.2 Å². The Morgan fingerprint density at radius 2 is 2.04 bits per heavy atom. The van der Waals surface area contributed by atoms with E-state index in [0.717, 1.165) is 29.5 Å². The van der Waals surface area contributed by atoms with E-state index in [1.807, 2.05) is 23.1 Å². The van der Waals surface area contributed by atoms with E-state index in [2.05, 4.69) is 11.1 Å². The van der Waals surface area contributed by atoms with E-state index < -0.39 is 0 Å². The summed E-state index contributed by atoms with van der Waals surface area (Å²) in [5, 5.41) is 10.9. The van der Waals surface area contributed by atoms with E-state index in [1.165, 1.54) is 29.5 Å². The first-order valence-electron chi connectivity index (χ1n) is 10.0. The van der Waals surface area contributed by atoms with Gasteiger partial charge in [0, 0.05) is 28.7 Å². The molecule has 0 bridgehead atoms. The maximum absolute atomic E-state index is 13.2. The Kier molecular flexibility index (Phi) is 4.32. The van der Waals surface area contributed by atoms with E-state index in [0.29, 0.717) is 19.7 Å². The number of phenols is 1. The number of hydrogen-bond acceptors (Lipinski definition) is 3. The van der Waals surface area contributed by atoms with Gasteiger partial charge in [-0.05, 0) is 67.1 Å². The zero-order valence-corrected chi connectivity index (χ0v) is 15.8. The third-order valence-corrected chi connectivity index (χ3v) is 5.94. The fourth-order valence-electron chi connectivity index (χ4n) is 4.48. The molecule has 1 unspecified atom stereocenters. The molecule has 1 aromatic heterocycles. The number of fused-ring (bicyclic) bond motifs is 3. The summed E-state index contributed by atoms with van der Waals surface area (Å²) in [6.07, 6.45) is 4.42. The fraction of sp³-hybridized carbons (Fsp3) is 0.348. The second kappa shape index (κ2) is 6.99. The van der Waals surface area contributed by atoms with Gasteiger partial charge in [-0.15, -0.1) is 0 Å². The van der Waals surface area contributed by atoms with Crippen molar-refractivity contribution < 1.29 is 14.6 Å². The number of hydrogen-bond donors (Lipinski definition) is 2. The Morgan fingerprint density at radius 1 is 1.14 bits per heavy atom. The van der Waals surface area contributed by atoms with Crippen molar-refractivity contribution in [3.8, 4) is 5.75 Å². The third kappa shape index (κ3) is 3.06. The summed E-state index contributed by atoms with van der Waals surface area (Å²) in [5.41, 5.74) is 5.48. The largest absolute Gasteiger partial charge is 0.508 e. The number of nitrogens with one attached hydrogen (secondary N) is 1. The minimum absolute atomic E-state index is 0.0427. The molecule has 0 saturated carbocycles. The molecular formula is C23H24N2O3. The first-order chi connectivity index (χ1) is 13.7. The van der Waals surface area contributed by atoms with Gasteiger partial charge in [0.2, 0.25) is 0 Å². The first kappa shape index (κ1) is 17.3. The molecule has 1 atom stereocenters. The van der Waals surface area contributed by atoms with Crippen molar-refractivity contribution in [2.45, 2.75) is 31.8 Å². The van der Waals surface area contributed by atoms with Crippen molar-refractivity contribution in [2.75, 3.05) is 19.7 Å². The highest BCUT2D eigenvalue weighted by Crippen LogP contribution is 2.31. The Morgan fingerprint density at radius 3 is 2.93 bits per heavy atom. The summed E-state index contributed by atoms with van der Waals surface area (Å²) in [6.45, 7) is 1.57. The molecule has 1 saturated heterocycles. The summed E-state index contributed by atoms with van der Waals surface area (Å²) in [6, 6.07) is 13.1. The van der Waals surface area contributed by atoms with Gasteiger partial charge >= 0.3 is 0 Å². The number of amides is 1. The first-order valence-corrected chi connectivity index (χ1v) is 10.0. The van der Waals surface area contributed by atoms with Gasteiger partial charge in [0.1, 0.15) is 11.9 Å². The van der Waals surface area contributed by atoms with Crippen LogP contribution < -0.4 is 0 Å². The third-order valence-electron chi connectivity index (χ3n) is 5.94. The maximum Gasteiger partial charge on any atom is 0.254 e. The Bertz CT molecular complexity index is 1040. The number of morpholine rings is 1. The second-order valence-electron chi connectivity index (χ2n) is 7.76. The Labute approximate surface area is 163 Å². The van der Waals surface area contributed by atoms with Gasteiger partial charge in [-0.3, -0.25) is 4.79 Å². The monoisotopic (exact) mass is 376 g/mol. The topological polar surface area (TPSA) is 65.6 Å². The van der Waals surface area contributed by atoms with Crippen LogP contribution in [0.4, 0.5) is 0 Å². The molecule has 1 aliphatic carbocycles. The molecule has 5 heteroatoms. The van der Waals surface area contributed by atoms with E-state index in [1.54, 1.807) is 18.2 Å². The van der Waals surface area contributed by atoms with Gasteiger partial charge in [0.25, 0.3) is 5.91 Å². The molecule has 2 heterocycles. The lowest BCUT2D eigenvalue weighted by Gasteiger charge is -2.33. The van der Waals surface area contributed by atoms with E-state index in [-0.39, 0.29) is 17.8 Å². The van der Waals surface area contributed by atoms with Crippen LogP contribution in [-0.4, -0.2) is 40.6 Å². The zero-order valence-electron chi connectivity index (χ0n) is 15.8. The molecule has 1 amide bonds. The van der Waals surface area contributed by atoms with Crippen LogP contribution in [0.15, 0.2) is 42.5 Å². The minimum atomic E-state index is -0.214. The SMILES string of the molecule is O=C(c1ccc2[nH]c3c(c2c1)CCCC3)N1CCOC(c2cccc(O)c2)C1. The lowest BCUT2D eigenvalue weighted by Crippen LogP contribution is -2.42. The molecule has 0 spiro atoms. The second-order valence-corrected chi connectivity index (χ2v) is 7.76. The fourth-order valence-corrected chi connectivity index (χ4v) is 4.48. The van der Waals surface area contributed by atoms with E-state index >= 15 is 0 Å². The van der Waals surface area contributed by atoms with Gasteiger partial charge in [0.15, 0.2) is 0 Å². The number of phenolic OH excluding ortho intramolecular Hbond substituents is 1. The van der Waals surface area contributed by atoms with Gasteiger partial charge in [-0.1, -0.05) is 12.1 Å². The molecule has 0 radical (unpaired) electrons. The molecule has 5 nitrogen and oxygen atoms in total. The lowest BCUT2D eigenvalue weighted by atomic mass is 9.95. The Hall–Kier alpha value is -2.79. The number of carbonyl (C=O) groups is 1. The predicted molar refractivity (Wildman–Crippen MR) is 108 cm³/mol. The quantitative estimate of drug-likeness (QED) is 0.711. The van der Waals surface area contributed by atoms with Gasteiger partial charge < -0.3 is 19.7 Å². The standard InChI is InChI=1S/C23H24N2O3/c26-17-5-3-4-15(12-17)22-14-25(10-11-28-22)23(27)16-8-9-21-19(13-16)18-6-1-2-7-20(18)24-21/h3-5,8-9,12-13,22,24,26H,1-2,6-7,10-11,14H2. The summed E-state index contributed by atoms with van der Waals surface area (Å²) in [5.74, 6) is 0.258. The summed E-state index contributed by atoms with van der Waals surface area (Å²) in [4.78, 5) is 18.6. The van der Waals surface area contributed by atoms with Crippen molar-refractivity contribution in [1.82, 2.24) is 9.88 Å². The number of aromatic nitrogens is 1. The highest BCUT2D eigenvalue weighted by Gasteiger charge is 2.27. The molecule has 144 valence electrons. The van der Waals surface area contributed by atoms with Crippen LogP contribution in [0, 0.1) is 0 Å². The van der Waals surface area contributed by atoms with Gasteiger partial charge in [-0.25, -0.2) is 0 Å². The number of benzene rings is 2. The van der Waals surface area contributed by atoms with Crippen molar-refractivity contribution in [3.05, 3.63) is 64.8 Å². The maximum atomic E-state index is 13.2. The number of rotatable bonds is 2. The van der Waals surface area contributed by atoms with Crippen molar-refractivity contribution in [3.63, 3.8) is 0 Å². The minimum Gasteiger partial charge on any atom is -0.508 e. The van der Waals surface area contributed by atoms with Crippen LogP contribution in [-0.2, 0) is 17.6 Å². The number of carbonyl (C=O) groups excluding carboxylic acids is 1. The van der Waals surface area contributed by atoms with Crippen LogP contribution in [0.5, 0.6) is 5.75 Å². The summed E-state index contributed by atoms with van der Waals surface area (Å²) >= 11 is 0. The molecule has 2 aromatic carbocycles. The predicted octanol–water partition coefficient (Wildman–Crippen LogP) is 3.97. The normalized spacial score (nSPS) is 19.6. The molecule has 28 heavy (non-hydrogen) atoms. The number of ether oxygens (including phenoxy) is 1. The van der Waals surface area contributed by atoms with Crippen LogP contribution in [0.2, 0.25) is 0 Å². The highest BCUT2D eigenvalue weighted by molar-refractivity contribution is 5.99. The van der Waals surface area contributed by atoms with Crippen LogP contribution in [0.25, 0.3) is 10.9 Å². The van der Waals surface area contributed by atoms with Crippen LogP contribution in [0.1, 0.15) is 46.1 Å². The average Bonchev–Trinajstić information content (AvgIpc) is 3.11. The number of aromatic amines is 1. The molecule has 5 rings (SSSR count).